The van der Waals surface area contributed by atoms with Gasteiger partial charge in [0.25, 0.3) is 0 Å². The van der Waals surface area contributed by atoms with Gasteiger partial charge in [-0.1, -0.05) is 5.92 Å². The second kappa shape index (κ2) is 5.21. The highest BCUT2D eigenvalue weighted by molar-refractivity contribution is 5.72. The first-order valence-electron chi connectivity index (χ1n) is 4.91. The van der Waals surface area contributed by atoms with E-state index in [9.17, 15) is 4.79 Å². The third-order valence-electron chi connectivity index (χ3n) is 2.35. The summed E-state index contributed by atoms with van der Waals surface area (Å²) in [5, 5.41) is 4.10. The molecule has 1 aromatic rings. The van der Waals surface area contributed by atoms with Gasteiger partial charge in [-0.05, 0) is 6.92 Å². The van der Waals surface area contributed by atoms with Crippen molar-refractivity contribution in [1.82, 2.24) is 14.7 Å². The number of rotatable bonds is 4. The van der Waals surface area contributed by atoms with Gasteiger partial charge in [0.1, 0.15) is 6.17 Å². The first kappa shape index (κ1) is 12.1. The van der Waals surface area contributed by atoms with Crippen LogP contribution >= 0.6 is 0 Å². The van der Waals surface area contributed by atoms with Gasteiger partial charge in [-0.15, -0.1) is 6.42 Å². The lowest BCUT2D eigenvalue weighted by molar-refractivity contribution is -0.131. The van der Waals surface area contributed by atoms with Gasteiger partial charge < -0.3 is 9.64 Å². The standard InChI is InChI=1S/C11H15N3O2/c1-5-8-16-11-6-7-12-14(11)9(2)13(4)10(3)15/h1,6-7,9H,8H2,2-4H3. The van der Waals surface area contributed by atoms with Crippen LogP contribution in [-0.2, 0) is 4.79 Å². The minimum absolute atomic E-state index is 0.0362. The molecule has 0 bridgehead atoms. The number of amides is 1. The van der Waals surface area contributed by atoms with E-state index in [0.29, 0.717) is 5.88 Å². The highest BCUT2D eigenvalue weighted by Crippen LogP contribution is 2.18. The summed E-state index contributed by atoms with van der Waals surface area (Å²) in [4.78, 5) is 12.8. The third kappa shape index (κ3) is 2.54. The predicted octanol–water partition coefficient (Wildman–Crippen LogP) is 0.892. The fourth-order valence-electron chi connectivity index (χ4n) is 1.24. The van der Waals surface area contributed by atoms with Crippen molar-refractivity contribution < 1.29 is 9.53 Å². The average molecular weight is 221 g/mol. The van der Waals surface area contributed by atoms with E-state index in [-0.39, 0.29) is 18.7 Å². The monoisotopic (exact) mass is 221 g/mol. The van der Waals surface area contributed by atoms with Gasteiger partial charge in [-0.25, -0.2) is 4.68 Å². The van der Waals surface area contributed by atoms with Crippen molar-refractivity contribution in [3.8, 4) is 18.2 Å². The maximum Gasteiger partial charge on any atom is 0.220 e. The second-order valence-corrected chi connectivity index (χ2v) is 3.37. The van der Waals surface area contributed by atoms with Gasteiger partial charge in [0, 0.05) is 20.0 Å². The van der Waals surface area contributed by atoms with Gasteiger partial charge in [-0.2, -0.15) is 5.10 Å². The molecule has 1 aromatic heterocycles. The lowest BCUT2D eigenvalue weighted by Crippen LogP contribution is -2.31. The van der Waals surface area contributed by atoms with Crippen molar-refractivity contribution in [3.05, 3.63) is 12.3 Å². The van der Waals surface area contributed by atoms with E-state index in [1.165, 1.54) is 6.92 Å². The Kier molecular flexibility index (Phi) is 3.95. The number of aromatic nitrogens is 2. The van der Waals surface area contributed by atoms with Crippen LogP contribution in [0.5, 0.6) is 5.88 Å². The van der Waals surface area contributed by atoms with Gasteiger partial charge in [0.2, 0.25) is 11.8 Å². The summed E-state index contributed by atoms with van der Waals surface area (Å²) in [6, 6.07) is 1.71. The van der Waals surface area contributed by atoms with Crippen LogP contribution in [0.3, 0.4) is 0 Å². The Balaban J connectivity index is 2.83. The number of nitrogens with zero attached hydrogens (tertiary/aromatic N) is 3. The molecule has 0 aliphatic rings. The Labute approximate surface area is 95.0 Å². The molecule has 0 radical (unpaired) electrons. The molecule has 5 heteroatoms. The van der Waals surface area contributed by atoms with Crippen LogP contribution in [0.15, 0.2) is 12.3 Å². The predicted molar refractivity (Wildman–Crippen MR) is 59.7 cm³/mol. The minimum atomic E-state index is -0.208. The highest BCUT2D eigenvalue weighted by Gasteiger charge is 2.17. The van der Waals surface area contributed by atoms with Crippen molar-refractivity contribution in [2.24, 2.45) is 0 Å². The fraction of sp³-hybridized carbons (Fsp3) is 0.455. The van der Waals surface area contributed by atoms with E-state index in [1.807, 2.05) is 6.92 Å². The van der Waals surface area contributed by atoms with Crippen molar-refractivity contribution in [1.29, 1.82) is 0 Å². The smallest absolute Gasteiger partial charge is 0.220 e. The van der Waals surface area contributed by atoms with Crippen molar-refractivity contribution in [2.75, 3.05) is 13.7 Å². The lowest BCUT2D eigenvalue weighted by atomic mass is 10.4. The minimum Gasteiger partial charge on any atom is -0.465 e. The summed E-state index contributed by atoms with van der Waals surface area (Å²) in [5.74, 6) is 2.90. The van der Waals surface area contributed by atoms with Crippen LogP contribution < -0.4 is 4.74 Å². The summed E-state index contributed by atoms with van der Waals surface area (Å²) in [5.41, 5.74) is 0. The molecule has 0 aliphatic heterocycles. The van der Waals surface area contributed by atoms with Crippen LogP contribution in [-0.4, -0.2) is 34.2 Å². The zero-order valence-corrected chi connectivity index (χ0v) is 9.67. The summed E-state index contributed by atoms with van der Waals surface area (Å²) in [6.07, 6.45) is 6.51. The summed E-state index contributed by atoms with van der Waals surface area (Å²) < 4.78 is 6.91. The molecule has 1 rings (SSSR count). The van der Waals surface area contributed by atoms with Crippen LogP contribution in [0.2, 0.25) is 0 Å². The molecule has 1 atom stereocenters. The summed E-state index contributed by atoms with van der Waals surface area (Å²) in [6.45, 7) is 3.54. The zero-order chi connectivity index (χ0) is 12.1. The van der Waals surface area contributed by atoms with Crippen LogP contribution in [0.4, 0.5) is 0 Å². The number of hydrogen-bond donors (Lipinski definition) is 0. The molecule has 1 amide bonds. The molecular weight excluding hydrogens is 206 g/mol. The second-order valence-electron chi connectivity index (χ2n) is 3.37. The first-order valence-corrected chi connectivity index (χ1v) is 4.91. The molecule has 1 heterocycles. The fourth-order valence-corrected chi connectivity index (χ4v) is 1.24. The SMILES string of the molecule is C#CCOc1ccnn1C(C)N(C)C(C)=O. The normalized spacial score (nSPS) is 11.6. The number of carbonyl (C=O) groups excluding carboxylic acids is 1. The highest BCUT2D eigenvalue weighted by atomic mass is 16.5. The number of carbonyl (C=O) groups is 1. The van der Waals surface area contributed by atoms with Gasteiger partial charge in [0.05, 0.1) is 6.20 Å². The molecule has 5 nitrogen and oxygen atoms in total. The molecule has 0 N–H and O–H groups in total. The van der Waals surface area contributed by atoms with Crippen molar-refractivity contribution in [2.45, 2.75) is 20.0 Å². The molecule has 0 saturated heterocycles. The Morgan fingerprint density at radius 3 is 3.06 bits per heavy atom. The molecule has 0 fully saturated rings. The van der Waals surface area contributed by atoms with E-state index in [4.69, 9.17) is 11.2 Å². The average Bonchev–Trinajstić information content (AvgIpc) is 2.72. The van der Waals surface area contributed by atoms with E-state index < -0.39 is 0 Å². The molecule has 0 aromatic carbocycles. The van der Waals surface area contributed by atoms with Crippen LogP contribution in [0.1, 0.15) is 20.0 Å². The molecule has 0 spiro atoms. The lowest BCUT2D eigenvalue weighted by Gasteiger charge is -2.24. The van der Waals surface area contributed by atoms with Crippen molar-refractivity contribution >= 4 is 5.91 Å². The Hall–Kier alpha value is -1.96. The third-order valence-corrected chi connectivity index (χ3v) is 2.35. The Morgan fingerprint density at radius 1 is 1.81 bits per heavy atom. The van der Waals surface area contributed by atoms with E-state index in [0.717, 1.165) is 0 Å². The van der Waals surface area contributed by atoms with E-state index >= 15 is 0 Å². The summed E-state index contributed by atoms with van der Waals surface area (Å²) in [7, 11) is 1.71. The Bertz CT molecular complexity index is 406. The Morgan fingerprint density at radius 2 is 2.50 bits per heavy atom. The number of ether oxygens (including phenoxy) is 1. The zero-order valence-electron chi connectivity index (χ0n) is 9.67. The van der Waals surface area contributed by atoms with Gasteiger partial charge in [-0.3, -0.25) is 4.79 Å². The molecule has 0 saturated carbocycles. The number of hydrogen-bond acceptors (Lipinski definition) is 3. The topological polar surface area (TPSA) is 47.4 Å². The number of terminal acetylenes is 1. The largest absolute Gasteiger partial charge is 0.465 e. The molecule has 86 valence electrons. The maximum absolute atomic E-state index is 11.2. The van der Waals surface area contributed by atoms with Crippen LogP contribution in [0, 0.1) is 12.3 Å². The van der Waals surface area contributed by atoms with Gasteiger partial charge in [0.15, 0.2) is 6.61 Å². The molecule has 0 aliphatic carbocycles. The first-order chi connectivity index (χ1) is 7.57. The molecule has 1 unspecified atom stereocenters. The summed E-state index contributed by atoms with van der Waals surface area (Å²) >= 11 is 0. The quantitative estimate of drug-likeness (QED) is 0.709. The van der Waals surface area contributed by atoms with Crippen molar-refractivity contribution in [3.63, 3.8) is 0 Å². The van der Waals surface area contributed by atoms with Crippen LogP contribution in [0.25, 0.3) is 0 Å². The molecular formula is C11H15N3O2. The van der Waals surface area contributed by atoms with E-state index in [2.05, 4.69) is 11.0 Å². The molecule has 16 heavy (non-hydrogen) atoms. The maximum atomic E-state index is 11.2. The van der Waals surface area contributed by atoms with E-state index in [1.54, 1.807) is 28.9 Å². The van der Waals surface area contributed by atoms with Gasteiger partial charge >= 0.3 is 0 Å².